The molecule has 1 heterocycles. The smallest absolute Gasteiger partial charge is 0.320 e. The van der Waals surface area contributed by atoms with Gasteiger partial charge in [0.05, 0.1) is 11.9 Å². The maximum atomic E-state index is 12.9. The SMILES string of the molecule is CC(C)[C@H](NCc1cnn(-c2ccc(F)cc2)c1)C(=O)O. The highest BCUT2D eigenvalue weighted by Gasteiger charge is 2.20. The number of aliphatic carboxylic acids is 1. The van der Waals surface area contributed by atoms with Gasteiger partial charge >= 0.3 is 5.97 Å². The van der Waals surface area contributed by atoms with Gasteiger partial charge in [-0.3, -0.25) is 10.1 Å². The van der Waals surface area contributed by atoms with Crippen LogP contribution < -0.4 is 5.32 Å². The second kappa shape index (κ2) is 6.49. The third-order valence-electron chi connectivity index (χ3n) is 3.19. The Kier molecular flexibility index (Phi) is 4.70. The van der Waals surface area contributed by atoms with E-state index in [0.29, 0.717) is 6.54 Å². The van der Waals surface area contributed by atoms with Gasteiger partial charge in [0.15, 0.2) is 0 Å². The minimum atomic E-state index is -0.865. The van der Waals surface area contributed by atoms with Crippen LogP contribution in [0.2, 0.25) is 0 Å². The van der Waals surface area contributed by atoms with Crippen molar-refractivity contribution in [2.75, 3.05) is 0 Å². The maximum absolute atomic E-state index is 12.9. The fourth-order valence-corrected chi connectivity index (χ4v) is 2.02. The van der Waals surface area contributed by atoms with E-state index in [1.807, 2.05) is 13.8 Å². The summed E-state index contributed by atoms with van der Waals surface area (Å²) in [5.41, 5.74) is 1.62. The van der Waals surface area contributed by atoms with Crippen LogP contribution in [0, 0.1) is 11.7 Å². The molecule has 0 radical (unpaired) electrons. The number of nitrogens with zero attached hydrogens (tertiary/aromatic N) is 2. The summed E-state index contributed by atoms with van der Waals surface area (Å²) in [5.74, 6) is -1.17. The molecule has 0 aliphatic rings. The van der Waals surface area contributed by atoms with Gasteiger partial charge < -0.3 is 5.11 Å². The lowest BCUT2D eigenvalue weighted by Crippen LogP contribution is -2.40. The fourth-order valence-electron chi connectivity index (χ4n) is 2.02. The zero-order valence-electron chi connectivity index (χ0n) is 12.0. The Labute approximate surface area is 122 Å². The maximum Gasteiger partial charge on any atom is 0.320 e. The molecule has 0 aliphatic carbocycles. The molecule has 0 unspecified atom stereocenters. The molecule has 2 N–H and O–H groups in total. The normalized spacial score (nSPS) is 12.6. The summed E-state index contributed by atoms with van der Waals surface area (Å²) in [6, 6.07) is 5.41. The van der Waals surface area contributed by atoms with Crippen molar-refractivity contribution < 1.29 is 14.3 Å². The van der Waals surface area contributed by atoms with Crippen molar-refractivity contribution in [2.24, 2.45) is 5.92 Å². The number of aromatic nitrogens is 2. The molecule has 21 heavy (non-hydrogen) atoms. The molecule has 0 bridgehead atoms. The van der Waals surface area contributed by atoms with Crippen molar-refractivity contribution >= 4 is 5.97 Å². The van der Waals surface area contributed by atoms with Crippen molar-refractivity contribution in [3.05, 3.63) is 48.0 Å². The largest absolute Gasteiger partial charge is 0.480 e. The van der Waals surface area contributed by atoms with Gasteiger partial charge in [-0.15, -0.1) is 0 Å². The third kappa shape index (κ3) is 3.88. The van der Waals surface area contributed by atoms with Gasteiger partial charge in [-0.1, -0.05) is 13.8 Å². The number of carboxylic acids is 1. The van der Waals surface area contributed by atoms with E-state index in [1.165, 1.54) is 12.1 Å². The van der Waals surface area contributed by atoms with Gasteiger partial charge in [0.25, 0.3) is 0 Å². The van der Waals surface area contributed by atoms with Gasteiger partial charge in [-0.05, 0) is 30.2 Å². The lowest BCUT2D eigenvalue weighted by molar-refractivity contribution is -0.140. The highest BCUT2D eigenvalue weighted by Crippen LogP contribution is 2.10. The van der Waals surface area contributed by atoms with E-state index in [1.54, 1.807) is 29.2 Å². The number of rotatable bonds is 6. The van der Waals surface area contributed by atoms with Crippen LogP contribution in [0.4, 0.5) is 4.39 Å². The highest BCUT2D eigenvalue weighted by atomic mass is 19.1. The predicted octanol–water partition coefficient (Wildman–Crippen LogP) is 2.21. The van der Waals surface area contributed by atoms with E-state index in [9.17, 15) is 9.18 Å². The Hall–Kier alpha value is -2.21. The zero-order chi connectivity index (χ0) is 15.4. The minimum Gasteiger partial charge on any atom is -0.480 e. The number of hydrogen-bond donors (Lipinski definition) is 2. The van der Waals surface area contributed by atoms with Crippen molar-refractivity contribution in [2.45, 2.75) is 26.4 Å². The Morgan fingerprint density at radius 3 is 2.62 bits per heavy atom. The number of hydrogen-bond acceptors (Lipinski definition) is 3. The number of carbonyl (C=O) groups is 1. The summed E-state index contributed by atoms with van der Waals surface area (Å²) in [6.07, 6.45) is 3.45. The second-order valence-corrected chi connectivity index (χ2v) is 5.21. The van der Waals surface area contributed by atoms with Crippen LogP contribution >= 0.6 is 0 Å². The molecule has 5 nitrogen and oxygen atoms in total. The summed E-state index contributed by atoms with van der Waals surface area (Å²) < 4.78 is 14.5. The van der Waals surface area contributed by atoms with Crippen LogP contribution in [0.1, 0.15) is 19.4 Å². The standard InChI is InChI=1S/C15H18FN3O2/c1-10(2)14(15(20)21)17-7-11-8-18-19(9-11)13-5-3-12(16)4-6-13/h3-6,8-10,14,17H,7H2,1-2H3,(H,20,21)/t14-/m0/s1. The van der Waals surface area contributed by atoms with Crippen molar-refractivity contribution in [3.8, 4) is 5.69 Å². The second-order valence-electron chi connectivity index (χ2n) is 5.21. The summed E-state index contributed by atoms with van der Waals surface area (Å²) >= 11 is 0. The fraction of sp³-hybridized carbons (Fsp3) is 0.333. The van der Waals surface area contributed by atoms with Crippen molar-refractivity contribution in [1.29, 1.82) is 0 Å². The van der Waals surface area contributed by atoms with Gasteiger partial charge in [-0.25, -0.2) is 9.07 Å². The topological polar surface area (TPSA) is 67.2 Å². The predicted molar refractivity (Wildman–Crippen MR) is 76.6 cm³/mol. The van der Waals surface area contributed by atoms with E-state index in [4.69, 9.17) is 5.11 Å². The van der Waals surface area contributed by atoms with Crippen LogP contribution in [0.15, 0.2) is 36.7 Å². The van der Waals surface area contributed by atoms with Crippen LogP contribution in [0.5, 0.6) is 0 Å². The van der Waals surface area contributed by atoms with Gasteiger partial charge in [0.1, 0.15) is 11.9 Å². The molecule has 2 rings (SSSR count). The van der Waals surface area contributed by atoms with E-state index in [-0.39, 0.29) is 11.7 Å². The molecule has 1 atom stereocenters. The quantitative estimate of drug-likeness (QED) is 0.856. The minimum absolute atomic E-state index is 0.00496. The molecule has 112 valence electrons. The first-order chi connectivity index (χ1) is 9.97. The lowest BCUT2D eigenvalue weighted by atomic mass is 10.0. The average molecular weight is 291 g/mol. The number of nitrogens with one attached hydrogen (secondary N) is 1. The summed E-state index contributed by atoms with van der Waals surface area (Å²) in [6.45, 7) is 4.12. The van der Waals surface area contributed by atoms with Gasteiger partial charge in [0.2, 0.25) is 0 Å². The molecule has 1 aromatic carbocycles. The molecule has 0 fully saturated rings. The van der Waals surface area contributed by atoms with Crippen LogP contribution in [-0.4, -0.2) is 26.9 Å². The number of benzene rings is 1. The average Bonchev–Trinajstić information content (AvgIpc) is 2.87. The first kappa shape index (κ1) is 15.2. The molecule has 0 saturated carbocycles. The Morgan fingerprint density at radius 1 is 1.38 bits per heavy atom. The summed E-state index contributed by atoms with van der Waals surface area (Å²) in [4.78, 5) is 11.1. The molecule has 2 aromatic rings. The molecular formula is C15H18FN3O2. The molecule has 1 aromatic heterocycles. The lowest BCUT2D eigenvalue weighted by Gasteiger charge is -2.17. The molecule has 0 spiro atoms. The Balaban J connectivity index is 2.03. The Bertz CT molecular complexity index is 608. The van der Waals surface area contributed by atoms with Crippen LogP contribution in [0.25, 0.3) is 5.69 Å². The molecule has 0 amide bonds. The van der Waals surface area contributed by atoms with E-state index >= 15 is 0 Å². The zero-order valence-corrected chi connectivity index (χ0v) is 12.0. The number of halogens is 1. The monoisotopic (exact) mass is 291 g/mol. The van der Waals surface area contributed by atoms with Gasteiger partial charge in [-0.2, -0.15) is 5.10 Å². The van der Waals surface area contributed by atoms with Crippen molar-refractivity contribution in [1.82, 2.24) is 15.1 Å². The number of carboxylic acid groups (broad SMARTS) is 1. The van der Waals surface area contributed by atoms with Crippen molar-refractivity contribution in [3.63, 3.8) is 0 Å². The third-order valence-corrected chi connectivity index (χ3v) is 3.19. The molecular weight excluding hydrogens is 273 g/mol. The molecule has 0 saturated heterocycles. The first-order valence-corrected chi connectivity index (χ1v) is 6.73. The molecule has 6 heteroatoms. The highest BCUT2D eigenvalue weighted by molar-refractivity contribution is 5.73. The van der Waals surface area contributed by atoms with Crippen LogP contribution in [-0.2, 0) is 11.3 Å². The van der Waals surface area contributed by atoms with E-state index < -0.39 is 12.0 Å². The van der Waals surface area contributed by atoms with E-state index in [2.05, 4.69) is 10.4 Å². The Morgan fingerprint density at radius 2 is 2.05 bits per heavy atom. The summed E-state index contributed by atoms with van der Waals surface area (Å²) in [5, 5.41) is 16.3. The summed E-state index contributed by atoms with van der Waals surface area (Å²) in [7, 11) is 0. The van der Waals surface area contributed by atoms with Gasteiger partial charge in [0, 0.05) is 18.3 Å². The van der Waals surface area contributed by atoms with Crippen LogP contribution in [0.3, 0.4) is 0 Å². The molecule has 0 aliphatic heterocycles. The first-order valence-electron chi connectivity index (χ1n) is 6.73. The van der Waals surface area contributed by atoms with E-state index in [0.717, 1.165) is 11.3 Å².